The van der Waals surface area contributed by atoms with E-state index in [-0.39, 0.29) is 0 Å². The zero-order valence-corrected chi connectivity index (χ0v) is 33.6. The first kappa shape index (κ1) is 35.2. The Morgan fingerprint density at radius 2 is 0.828 bits per heavy atom. The maximum absolute atomic E-state index is 10.9. The van der Waals surface area contributed by atoms with E-state index in [0.717, 1.165) is 66.1 Å². The number of benzene rings is 7. The van der Waals surface area contributed by atoms with Crippen LogP contribution in [-0.2, 0) is 0 Å². The van der Waals surface area contributed by atoms with Gasteiger partial charge in [0.25, 0.3) is 0 Å². The van der Waals surface area contributed by atoms with E-state index in [1.54, 1.807) is 0 Å². The number of fused-ring (bicyclic) bond motifs is 6. The number of nitriles is 1. The van der Waals surface area contributed by atoms with Crippen LogP contribution in [0.2, 0.25) is 0 Å². The Kier molecular flexibility index (Phi) is 8.18. The first-order valence-electron chi connectivity index (χ1n) is 19.9. The van der Waals surface area contributed by atoms with Crippen molar-refractivity contribution in [1.29, 1.82) is 5.26 Å². The summed E-state index contributed by atoms with van der Waals surface area (Å²) >= 11 is 0. The van der Waals surface area contributed by atoms with Crippen LogP contribution in [0.4, 0.5) is 0 Å². The number of rotatable bonds is 5. The predicted molar refractivity (Wildman–Crippen MR) is 242 cm³/mol. The molecule has 7 aromatic carbocycles. The molecule has 0 saturated heterocycles. The van der Waals surface area contributed by atoms with Crippen LogP contribution < -0.4 is 0 Å². The smallest absolute Gasteiger partial charge is 0.0993 e. The highest BCUT2D eigenvalue weighted by Gasteiger charge is 2.24. The monoisotopic (exact) mass is 746 g/mol. The average Bonchev–Trinajstić information content (AvgIpc) is 3.72. The maximum atomic E-state index is 10.9. The van der Waals surface area contributed by atoms with Crippen molar-refractivity contribution in [1.82, 2.24) is 14.1 Å². The van der Waals surface area contributed by atoms with Gasteiger partial charge in [-0.15, -0.1) is 0 Å². The molecule has 0 N–H and O–H groups in total. The fraction of sp³-hybridized carbons (Fsp3) is 0.111. The zero-order valence-electron chi connectivity index (χ0n) is 33.6. The van der Waals surface area contributed by atoms with Gasteiger partial charge < -0.3 is 9.13 Å². The molecule has 0 unspecified atom stereocenters. The summed E-state index contributed by atoms with van der Waals surface area (Å²) in [4.78, 5) is 4.46. The summed E-state index contributed by atoms with van der Waals surface area (Å²) in [6.45, 7) is 13.1. The van der Waals surface area contributed by atoms with E-state index in [9.17, 15) is 5.26 Å². The second-order valence-corrected chi connectivity index (χ2v) is 16.0. The second kappa shape index (κ2) is 13.5. The molecule has 278 valence electrons. The third kappa shape index (κ3) is 5.46. The molecule has 0 fully saturated rings. The molecule has 3 heterocycles. The molecule has 0 aliphatic rings. The first-order valence-corrected chi connectivity index (χ1v) is 19.9. The van der Waals surface area contributed by atoms with Gasteiger partial charge in [0.05, 0.1) is 45.1 Å². The minimum atomic E-state index is 0.586. The minimum Gasteiger partial charge on any atom is -0.308 e. The molecule has 10 aromatic rings. The van der Waals surface area contributed by atoms with Crippen molar-refractivity contribution in [3.63, 3.8) is 0 Å². The molecule has 4 nitrogen and oxygen atoms in total. The Morgan fingerprint density at radius 3 is 1.26 bits per heavy atom. The largest absolute Gasteiger partial charge is 0.308 e. The third-order valence-electron chi connectivity index (χ3n) is 12.0. The van der Waals surface area contributed by atoms with Crippen molar-refractivity contribution in [2.75, 3.05) is 0 Å². The quantitative estimate of drug-likeness (QED) is 0.176. The van der Waals surface area contributed by atoms with Crippen molar-refractivity contribution in [2.45, 2.75) is 41.5 Å². The molecule has 10 rings (SSSR count). The van der Waals surface area contributed by atoms with E-state index in [1.807, 2.05) is 12.4 Å². The second-order valence-electron chi connectivity index (χ2n) is 16.0. The zero-order chi connectivity index (χ0) is 39.8. The fourth-order valence-corrected chi connectivity index (χ4v) is 9.89. The van der Waals surface area contributed by atoms with E-state index >= 15 is 0 Å². The van der Waals surface area contributed by atoms with Crippen LogP contribution in [0, 0.1) is 52.9 Å². The number of hydrogen-bond donors (Lipinski definition) is 0. The van der Waals surface area contributed by atoms with Crippen LogP contribution in [0.15, 0.2) is 146 Å². The summed E-state index contributed by atoms with van der Waals surface area (Å²) in [5, 5.41) is 15.5. The highest BCUT2D eigenvalue weighted by Crippen LogP contribution is 2.44. The van der Waals surface area contributed by atoms with E-state index in [1.165, 1.54) is 55.6 Å². The topological polar surface area (TPSA) is 46.5 Å². The molecular weight excluding hydrogens is 705 g/mol. The average molecular weight is 747 g/mol. The van der Waals surface area contributed by atoms with Gasteiger partial charge in [-0.2, -0.15) is 5.26 Å². The van der Waals surface area contributed by atoms with Gasteiger partial charge in [0.1, 0.15) is 0 Å². The van der Waals surface area contributed by atoms with Crippen molar-refractivity contribution < 1.29 is 0 Å². The lowest BCUT2D eigenvalue weighted by Gasteiger charge is -2.21. The van der Waals surface area contributed by atoms with Gasteiger partial charge in [0.2, 0.25) is 0 Å². The Balaban J connectivity index is 1.35. The van der Waals surface area contributed by atoms with Crippen molar-refractivity contribution in [2.24, 2.45) is 0 Å². The van der Waals surface area contributed by atoms with Crippen LogP contribution in [0.1, 0.15) is 38.9 Å². The molecule has 0 amide bonds. The Bertz CT molecular complexity index is 3110. The molecule has 0 aliphatic carbocycles. The van der Waals surface area contributed by atoms with Gasteiger partial charge in [0, 0.05) is 39.5 Å². The number of hydrogen-bond acceptors (Lipinski definition) is 2. The van der Waals surface area contributed by atoms with Crippen molar-refractivity contribution in [3.8, 4) is 50.8 Å². The predicted octanol–water partition coefficient (Wildman–Crippen LogP) is 14.0. The molecule has 0 saturated carbocycles. The van der Waals surface area contributed by atoms with E-state index < -0.39 is 0 Å². The highest BCUT2D eigenvalue weighted by atomic mass is 15.0. The van der Waals surface area contributed by atoms with Gasteiger partial charge in [0.15, 0.2) is 0 Å². The maximum Gasteiger partial charge on any atom is 0.0993 e. The van der Waals surface area contributed by atoms with Crippen LogP contribution >= 0.6 is 0 Å². The molecule has 3 aromatic heterocycles. The molecule has 0 radical (unpaired) electrons. The number of pyridine rings is 1. The van der Waals surface area contributed by atoms with Gasteiger partial charge in [-0.25, -0.2) is 0 Å². The Hall–Kier alpha value is -7.22. The van der Waals surface area contributed by atoms with Crippen LogP contribution in [-0.4, -0.2) is 14.1 Å². The van der Waals surface area contributed by atoms with Gasteiger partial charge in [-0.3, -0.25) is 4.98 Å². The molecule has 0 atom stereocenters. The normalized spacial score (nSPS) is 11.6. The SMILES string of the molecule is Cc1cc(C)c(-c2ccc3c4ccccc4n(-c4cc(C#N)cc(-n5c6ccccc6c6ccc(-c7c(C)cc(C)cc7C)cc65)c4-c4ccncc4)c3c2)c(C)c1. The molecular formula is C54H42N4. The van der Waals surface area contributed by atoms with E-state index in [4.69, 9.17) is 0 Å². The lowest BCUT2D eigenvalue weighted by atomic mass is 9.93. The third-order valence-corrected chi connectivity index (χ3v) is 12.0. The van der Waals surface area contributed by atoms with E-state index in [0.29, 0.717) is 5.56 Å². The molecule has 58 heavy (non-hydrogen) atoms. The fourth-order valence-electron chi connectivity index (χ4n) is 9.89. The molecule has 0 bridgehead atoms. The first-order chi connectivity index (χ1) is 28.2. The number of aromatic nitrogens is 3. The Morgan fingerprint density at radius 1 is 0.414 bits per heavy atom. The number of aryl methyl sites for hydroxylation is 6. The van der Waals surface area contributed by atoms with Crippen molar-refractivity contribution in [3.05, 3.63) is 185 Å². The Labute approximate surface area is 338 Å². The summed E-state index contributed by atoms with van der Waals surface area (Å²) in [6, 6.07) is 51.0. The summed E-state index contributed by atoms with van der Waals surface area (Å²) in [5.41, 5.74) is 21.2. The lowest BCUT2D eigenvalue weighted by Crippen LogP contribution is -2.05. The number of nitrogens with zero attached hydrogens (tertiary/aromatic N) is 4. The van der Waals surface area contributed by atoms with E-state index in [2.05, 4.69) is 195 Å². The highest BCUT2D eigenvalue weighted by molar-refractivity contribution is 6.13. The minimum absolute atomic E-state index is 0.586. The lowest BCUT2D eigenvalue weighted by molar-refractivity contribution is 1.13. The molecule has 4 heteroatoms. The van der Waals surface area contributed by atoms with Gasteiger partial charge in [-0.1, -0.05) is 96.1 Å². The standard InChI is InChI=1S/C54H42N4/c1-32-23-34(3)52(35(4)24-32)40-15-17-44-42-11-7-9-13-46(42)57(48(44)29-40)50-27-38(31-55)28-51(54(50)39-19-21-56-22-20-39)58-47-14-10-8-12-43(47)45-18-16-41(30-49(45)58)53-36(5)25-33(2)26-37(53)6/h7-30H,1-6H3. The summed E-state index contributed by atoms with van der Waals surface area (Å²) < 4.78 is 4.76. The molecule has 0 spiro atoms. The van der Waals surface area contributed by atoms with Crippen molar-refractivity contribution >= 4 is 43.6 Å². The number of para-hydroxylation sites is 2. The van der Waals surface area contributed by atoms with Crippen LogP contribution in [0.25, 0.3) is 88.4 Å². The van der Waals surface area contributed by atoms with Crippen LogP contribution in [0.3, 0.4) is 0 Å². The van der Waals surface area contributed by atoms with Crippen LogP contribution in [0.5, 0.6) is 0 Å². The van der Waals surface area contributed by atoms with Gasteiger partial charge in [-0.05, 0) is 140 Å². The summed E-state index contributed by atoms with van der Waals surface area (Å²) in [6.07, 6.45) is 3.72. The summed E-state index contributed by atoms with van der Waals surface area (Å²) in [5.74, 6) is 0. The summed E-state index contributed by atoms with van der Waals surface area (Å²) in [7, 11) is 0. The van der Waals surface area contributed by atoms with Gasteiger partial charge >= 0.3 is 0 Å². The molecule has 0 aliphatic heterocycles.